The first kappa shape index (κ1) is 15.5. The second-order valence-corrected chi connectivity index (χ2v) is 5.34. The number of benzene rings is 1. The van der Waals surface area contributed by atoms with Crippen LogP contribution in [0, 0.1) is 6.92 Å². The molecular formula is C15H24N2O2. The van der Waals surface area contributed by atoms with E-state index in [2.05, 4.69) is 10.6 Å². The van der Waals surface area contributed by atoms with Gasteiger partial charge in [-0.3, -0.25) is 10.1 Å². The Morgan fingerprint density at radius 2 is 1.84 bits per heavy atom. The summed E-state index contributed by atoms with van der Waals surface area (Å²) in [5.74, 6) is 0.227. The van der Waals surface area contributed by atoms with E-state index in [4.69, 9.17) is 0 Å². The molecular weight excluding hydrogens is 240 g/mol. The first-order valence-electron chi connectivity index (χ1n) is 6.67. The average molecular weight is 264 g/mol. The van der Waals surface area contributed by atoms with E-state index in [0.29, 0.717) is 0 Å². The lowest BCUT2D eigenvalue weighted by molar-refractivity contribution is -0.123. The zero-order chi connectivity index (χ0) is 14.6. The first-order valence-corrected chi connectivity index (χ1v) is 6.67. The monoisotopic (exact) mass is 264 g/mol. The summed E-state index contributed by atoms with van der Waals surface area (Å²) in [5, 5.41) is 16.0. The van der Waals surface area contributed by atoms with Gasteiger partial charge in [0.2, 0.25) is 5.91 Å². The van der Waals surface area contributed by atoms with Crippen molar-refractivity contribution >= 4 is 5.91 Å². The summed E-state index contributed by atoms with van der Waals surface area (Å²) in [6.45, 7) is 9.54. The number of nitrogens with one attached hydrogen (secondary N) is 2. The second kappa shape index (κ2) is 6.57. The molecule has 106 valence electrons. The van der Waals surface area contributed by atoms with E-state index in [1.807, 2.05) is 46.8 Å². The van der Waals surface area contributed by atoms with E-state index in [-0.39, 0.29) is 29.8 Å². The van der Waals surface area contributed by atoms with Gasteiger partial charge in [-0.1, -0.05) is 12.1 Å². The van der Waals surface area contributed by atoms with Gasteiger partial charge in [-0.25, -0.2) is 0 Å². The van der Waals surface area contributed by atoms with Gasteiger partial charge in [0, 0.05) is 17.6 Å². The van der Waals surface area contributed by atoms with E-state index in [1.54, 1.807) is 6.07 Å². The van der Waals surface area contributed by atoms with Gasteiger partial charge in [0.05, 0.1) is 6.04 Å². The third-order valence-electron chi connectivity index (χ3n) is 2.98. The molecule has 4 nitrogen and oxygen atoms in total. The van der Waals surface area contributed by atoms with Crippen molar-refractivity contribution in [1.82, 2.24) is 10.6 Å². The third-order valence-corrected chi connectivity index (χ3v) is 2.98. The highest BCUT2D eigenvalue weighted by molar-refractivity contribution is 5.81. The third kappa shape index (κ3) is 4.56. The highest BCUT2D eigenvalue weighted by Gasteiger charge is 2.18. The van der Waals surface area contributed by atoms with E-state index in [1.165, 1.54) is 0 Å². The molecule has 0 saturated carbocycles. The highest BCUT2D eigenvalue weighted by atomic mass is 16.3. The molecule has 0 fully saturated rings. The fourth-order valence-electron chi connectivity index (χ4n) is 1.97. The summed E-state index contributed by atoms with van der Waals surface area (Å²) in [5.41, 5.74) is 1.81. The minimum absolute atomic E-state index is 0.0338. The number of phenols is 1. The number of rotatable bonds is 5. The molecule has 0 spiro atoms. The standard InChI is InChI=1S/C15H24N2O2/c1-9(2)16-15(19)12(5)17-11(4)13-7-6-10(3)8-14(13)18/h6-9,11-12,17-18H,1-5H3,(H,16,19). The normalized spacial score (nSPS) is 14.2. The van der Waals surface area contributed by atoms with Crippen LogP contribution in [0.3, 0.4) is 0 Å². The Morgan fingerprint density at radius 3 is 2.37 bits per heavy atom. The van der Waals surface area contributed by atoms with Gasteiger partial charge >= 0.3 is 0 Å². The number of carbonyl (C=O) groups excluding carboxylic acids is 1. The van der Waals surface area contributed by atoms with Gasteiger partial charge in [-0.15, -0.1) is 0 Å². The SMILES string of the molecule is Cc1ccc(C(C)NC(C)C(=O)NC(C)C)c(O)c1. The topological polar surface area (TPSA) is 61.4 Å². The van der Waals surface area contributed by atoms with Crippen LogP contribution < -0.4 is 10.6 Å². The van der Waals surface area contributed by atoms with Crippen molar-refractivity contribution in [3.63, 3.8) is 0 Å². The highest BCUT2D eigenvalue weighted by Crippen LogP contribution is 2.25. The molecule has 1 aromatic carbocycles. The van der Waals surface area contributed by atoms with Crippen molar-refractivity contribution in [3.8, 4) is 5.75 Å². The Morgan fingerprint density at radius 1 is 1.21 bits per heavy atom. The molecule has 0 aromatic heterocycles. The van der Waals surface area contributed by atoms with E-state index in [0.717, 1.165) is 11.1 Å². The molecule has 0 heterocycles. The van der Waals surface area contributed by atoms with Crippen molar-refractivity contribution in [2.75, 3.05) is 0 Å². The maximum Gasteiger partial charge on any atom is 0.237 e. The van der Waals surface area contributed by atoms with Crippen LogP contribution in [0.2, 0.25) is 0 Å². The van der Waals surface area contributed by atoms with E-state index < -0.39 is 0 Å². The average Bonchev–Trinajstić information content (AvgIpc) is 2.27. The number of aryl methyl sites for hydroxylation is 1. The maximum atomic E-state index is 11.8. The Balaban J connectivity index is 2.68. The molecule has 1 aromatic rings. The van der Waals surface area contributed by atoms with Crippen molar-refractivity contribution in [2.24, 2.45) is 0 Å². The smallest absolute Gasteiger partial charge is 0.237 e. The minimum atomic E-state index is -0.307. The van der Waals surface area contributed by atoms with Crippen LogP contribution in [0.5, 0.6) is 5.75 Å². The molecule has 0 aliphatic heterocycles. The Kier molecular flexibility index (Phi) is 5.36. The van der Waals surface area contributed by atoms with Crippen LogP contribution in [-0.4, -0.2) is 23.1 Å². The Bertz CT molecular complexity index is 444. The number of phenolic OH excluding ortho intramolecular Hbond substituents is 1. The van der Waals surface area contributed by atoms with Crippen LogP contribution in [0.25, 0.3) is 0 Å². The zero-order valence-electron chi connectivity index (χ0n) is 12.3. The molecule has 1 rings (SSSR count). The summed E-state index contributed by atoms with van der Waals surface area (Å²) in [6, 6.07) is 5.29. The van der Waals surface area contributed by atoms with Gasteiger partial charge in [0.15, 0.2) is 0 Å². The molecule has 0 radical (unpaired) electrons. The summed E-state index contributed by atoms with van der Waals surface area (Å²) in [7, 11) is 0. The van der Waals surface area contributed by atoms with Crippen LogP contribution in [0.4, 0.5) is 0 Å². The molecule has 0 aliphatic rings. The molecule has 2 unspecified atom stereocenters. The van der Waals surface area contributed by atoms with Gasteiger partial charge in [-0.05, 0) is 46.2 Å². The Labute approximate surface area is 115 Å². The van der Waals surface area contributed by atoms with Gasteiger partial charge in [0.1, 0.15) is 5.75 Å². The number of carbonyl (C=O) groups is 1. The number of amides is 1. The predicted molar refractivity (Wildman–Crippen MR) is 77.1 cm³/mol. The lowest BCUT2D eigenvalue weighted by atomic mass is 10.0. The summed E-state index contributed by atoms with van der Waals surface area (Å²) in [6.07, 6.45) is 0. The van der Waals surface area contributed by atoms with E-state index >= 15 is 0 Å². The quantitative estimate of drug-likeness (QED) is 0.764. The van der Waals surface area contributed by atoms with Crippen LogP contribution >= 0.6 is 0 Å². The van der Waals surface area contributed by atoms with Crippen molar-refractivity contribution in [2.45, 2.75) is 52.7 Å². The van der Waals surface area contributed by atoms with Crippen molar-refractivity contribution < 1.29 is 9.90 Å². The van der Waals surface area contributed by atoms with Gasteiger partial charge in [0.25, 0.3) is 0 Å². The lowest BCUT2D eigenvalue weighted by Gasteiger charge is -2.21. The predicted octanol–water partition coefficient (Wildman–Crippen LogP) is 2.26. The fraction of sp³-hybridized carbons (Fsp3) is 0.533. The van der Waals surface area contributed by atoms with Crippen molar-refractivity contribution in [3.05, 3.63) is 29.3 Å². The van der Waals surface area contributed by atoms with Gasteiger partial charge in [-0.2, -0.15) is 0 Å². The molecule has 0 saturated heterocycles. The number of hydrogen-bond donors (Lipinski definition) is 3. The fourth-order valence-corrected chi connectivity index (χ4v) is 1.97. The lowest BCUT2D eigenvalue weighted by Crippen LogP contribution is -2.45. The molecule has 2 atom stereocenters. The molecule has 3 N–H and O–H groups in total. The molecule has 19 heavy (non-hydrogen) atoms. The molecule has 1 amide bonds. The molecule has 0 aliphatic carbocycles. The van der Waals surface area contributed by atoms with Crippen molar-refractivity contribution in [1.29, 1.82) is 0 Å². The summed E-state index contributed by atoms with van der Waals surface area (Å²) >= 11 is 0. The summed E-state index contributed by atoms with van der Waals surface area (Å²) < 4.78 is 0. The first-order chi connectivity index (χ1) is 8.81. The van der Waals surface area contributed by atoms with Crippen LogP contribution in [0.15, 0.2) is 18.2 Å². The zero-order valence-corrected chi connectivity index (χ0v) is 12.3. The van der Waals surface area contributed by atoms with E-state index in [9.17, 15) is 9.90 Å². The second-order valence-electron chi connectivity index (χ2n) is 5.34. The van der Waals surface area contributed by atoms with Crippen LogP contribution in [-0.2, 0) is 4.79 Å². The number of hydrogen-bond acceptors (Lipinski definition) is 3. The summed E-state index contributed by atoms with van der Waals surface area (Å²) in [4.78, 5) is 11.8. The molecule has 4 heteroatoms. The van der Waals surface area contributed by atoms with Gasteiger partial charge < -0.3 is 10.4 Å². The minimum Gasteiger partial charge on any atom is -0.508 e. The maximum absolute atomic E-state index is 11.8. The largest absolute Gasteiger partial charge is 0.508 e. The Hall–Kier alpha value is -1.55. The number of aromatic hydroxyl groups is 1. The van der Waals surface area contributed by atoms with Crippen LogP contribution in [0.1, 0.15) is 44.9 Å². The molecule has 0 bridgehead atoms.